The molecule has 1 aliphatic rings. The third kappa shape index (κ3) is 3.60. The van der Waals surface area contributed by atoms with Gasteiger partial charge >= 0.3 is 6.03 Å². The molecule has 1 fully saturated rings. The molecule has 0 radical (unpaired) electrons. The highest BCUT2D eigenvalue weighted by molar-refractivity contribution is 7.10. The van der Waals surface area contributed by atoms with Crippen molar-refractivity contribution < 1.29 is 4.79 Å². The van der Waals surface area contributed by atoms with Crippen LogP contribution in [0.5, 0.6) is 0 Å². The van der Waals surface area contributed by atoms with Crippen LogP contribution >= 0.6 is 22.9 Å². The number of nitrogens with one attached hydrogen (secondary N) is 1. The number of hydrogen-bond acceptors (Lipinski definition) is 2. The SMILES string of the molecule is CC(C)(CNC(=O)N1CCCC1c1cccs1)c1ccccc1Cl. The first-order valence-corrected chi connectivity index (χ1v) is 9.58. The molecule has 5 heteroatoms. The molecule has 1 aromatic heterocycles. The lowest BCUT2D eigenvalue weighted by Crippen LogP contribution is -2.44. The summed E-state index contributed by atoms with van der Waals surface area (Å²) < 4.78 is 0. The molecule has 1 aromatic carbocycles. The Bertz CT molecular complexity index is 699. The number of rotatable bonds is 4. The van der Waals surface area contributed by atoms with E-state index in [4.69, 9.17) is 11.6 Å². The van der Waals surface area contributed by atoms with Gasteiger partial charge in [0.2, 0.25) is 0 Å². The van der Waals surface area contributed by atoms with Crippen LogP contribution in [0.15, 0.2) is 41.8 Å². The monoisotopic (exact) mass is 362 g/mol. The Kier molecular flexibility index (Phi) is 5.16. The minimum Gasteiger partial charge on any atom is -0.337 e. The number of hydrogen-bond donors (Lipinski definition) is 1. The molecule has 0 saturated carbocycles. The average molecular weight is 363 g/mol. The molecule has 0 aliphatic carbocycles. The van der Waals surface area contributed by atoms with Gasteiger partial charge in [-0.15, -0.1) is 11.3 Å². The molecule has 3 rings (SSSR count). The van der Waals surface area contributed by atoms with Crippen LogP contribution in [0.1, 0.15) is 43.2 Å². The number of likely N-dealkylation sites (tertiary alicyclic amines) is 1. The van der Waals surface area contributed by atoms with E-state index in [0.29, 0.717) is 6.54 Å². The quantitative estimate of drug-likeness (QED) is 0.793. The summed E-state index contributed by atoms with van der Waals surface area (Å²) in [4.78, 5) is 15.9. The van der Waals surface area contributed by atoms with Gasteiger partial charge in [0.15, 0.2) is 0 Å². The van der Waals surface area contributed by atoms with Crippen molar-refractivity contribution in [2.45, 2.75) is 38.1 Å². The minimum absolute atomic E-state index is 0.0195. The Morgan fingerprint density at radius 2 is 2.12 bits per heavy atom. The zero-order valence-electron chi connectivity index (χ0n) is 14.1. The molecular weight excluding hydrogens is 340 g/mol. The third-order valence-electron chi connectivity index (χ3n) is 4.67. The lowest BCUT2D eigenvalue weighted by atomic mass is 9.84. The third-order valence-corrected chi connectivity index (χ3v) is 5.97. The van der Waals surface area contributed by atoms with Gasteiger partial charge in [-0.25, -0.2) is 4.79 Å². The van der Waals surface area contributed by atoms with Crippen molar-refractivity contribution in [1.82, 2.24) is 10.2 Å². The van der Waals surface area contributed by atoms with Crippen LogP contribution in [0.4, 0.5) is 4.79 Å². The first-order chi connectivity index (χ1) is 11.5. The van der Waals surface area contributed by atoms with Gasteiger partial charge in [0.25, 0.3) is 0 Å². The predicted molar refractivity (Wildman–Crippen MR) is 101 cm³/mol. The number of carbonyl (C=O) groups is 1. The molecule has 1 saturated heterocycles. The van der Waals surface area contributed by atoms with Crippen molar-refractivity contribution in [1.29, 1.82) is 0 Å². The second-order valence-corrected chi connectivity index (χ2v) is 8.28. The fourth-order valence-electron chi connectivity index (χ4n) is 3.29. The first-order valence-electron chi connectivity index (χ1n) is 8.32. The van der Waals surface area contributed by atoms with E-state index >= 15 is 0 Å². The van der Waals surface area contributed by atoms with Gasteiger partial charge in [0.1, 0.15) is 0 Å². The highest BCUT2D eigenvalue weighted by Gasteiger charge is 2.32. The van der Waals surface area contributed by atoms with Crippen LogP contribution in [-0.4, -0.2) is 24.0 Å². The molecule has 1 unspecified atom stereocenters. The van der Waals surface area contributed by atoms with Gasteiger partial charge in [-0.2, -0.15) is 0 Å². The number of carbonyl (C=O) groups excluding carboxylic acids is 1. The van der Waals surface area contributed by atoms with Crippen molar-refractivity contribution in [2.75, 3.05) is 13.1 Å². The summed E-state index contributed by atoms with van der Waals surface area (Å²) in [5.74, 6) is 0. The van der Waals surface area contributed by atoms with E-state index in [2.05, 4.69) is 36.7 Å². The van der Waals surface area contributed by atoms with Gasteiger partial charge in [-0.1, -0.05) is 49.7 Å². The summed E-state index contributed by atoms with van der Waals surface area (Å²) in [5.41, 5.74) is 0.842. The molecule has 128 valence electrons. The molecule has 2 aromatic rings. The van der Waals surface area contributed by atoms with E-state index in [9.17, 15) is 4.79 Å². The molecule has 1 N–H and O–H groups in total. The summed E-state index contributed by atoms with van der Waals surface area (Å²) in [5, 5.41) is 5.93. The molecular formula is C19H23ClN2OS. The van der Waals surface area contributed by atoms with E-state index in [-0.39, 0.29) is 17.5 Å². The van der Waals surface area contributed by atoms with Crippen molar-refractivity contribution in [2.24, 2.45) is 0 Å². The molecule has 2 heterocycles. The number of amides is 2. The van der Waals surface area contributed by atoms with Gasteiger partial charge in [0.05, 0.1) is 6.04 Å². The highest BCUT2D eigenvalue weighted by atomic mass is 35.5. The second kappa shape index (κ2) is 7.16. The summed E-state index contributed by atoms with van der Waals surface area (Å²) in [7, 11) is 0. The number of halogens is 1. The molecule has 0 bridgehead atoms. The highest BCUT2D eigenvalue weighted by Crippen LogP contribution is 2.34. The molecule has 1 aliphatic heterocycles. The molecule has 24 heavy (non-hydrogen) atoms. The largest absolute Gasteiger partial charge is 0.337 e. The number of nitrogens with zero attached hydrogens (tertiary/aromatic N) is 1. The molecule has 0 spiro atoms. The normalized spacial score (nSPS) is 18.0. The van der Waals surface area contributed by atoms with Crippen molar-refractivity contribution in [3.05, 3.63) is 57.2 Å². The van der Waals surface area contributed by atoms with E-state index in [0.717, 1.165) is 30.0 Å². The van der Waals surface area contributed by atoms with Gasteiger partial charge in [0, 0.05) is 28.4 Å². The van der Waals surface area contributed by atoms with Crippen LogP contribution in [0.3, 0.4) is 0 Å². The molecule has 3 nitrogen and oxygen atoms in total. The summed E-state index contributed by atoms with van der Waals surface area (Å²) in [6, 6.07) is 12.2. The topological polar surface area (TPSA) is 32.3 Å². The van der Waals surface area contributed by atoms with E-state index < -0.39 is 0 Å². The maximum absolute atomic E-state index is 12.7. The number of urea groups is 1. The second-order valence-electron chi connectivity index (χ2n) is 6.89. The van der Waals surface area contributed by atoms with E-state index in [1.165, 1.54) is 4.88 Å². The predicted octanol–water partition coefficient (Wildman–Crippen LogP) is 5.23. The van der Waals surface area contributed by atoms with Crippen LogP contribution in [-0.2, 0) is 5.41 Å². The maximum Gasteiger partial charge on any atom is 0.317 e. The molecule has 2 amide bonds. The Hall–Kier alpha value is -1.52. The van der Waals surface area contributed by atoms with Crippen LogP contribution < -0.4 is 5.32 Å². The van der Waals surface area contributed by atoms with E-state index in [1.807, 2.05) is 29.2 Å². The summed E-state index contributed by atoms with van der Waals surface area (Å²) >= 11 is 8.04. The van der Waals surface area contributed by atoms with Crippen molar-refractivity contribution in [3.63, 3.8) is 0 Å². The zero-order valence-corrected chi connectivity index (χ0v) is 15.7. The smallest absolute Gasteiger partial charge is 0.317 e. The minimum atomic E-state index is -0.216. The van der Waals surface area contributed by atoms with Gasteiger partial charge in [-0.3, -0.25) is 0 Å². The van der Waals surface area contributed by atoms with Crippen molar-refractivity contribution >= 4 is 29.0 Å². The average Bonchev–Trinajstić information content (AvgIpc) is 3.23. The van der Waals surface area contributed by atoms with Gasteiger partial charge in [-0.05, 0) is 35.9 Å². The summed E-state index contributed by atoms with van der Waals surface area (Å²) in [6.07, 6.45) is 2.10. The fourth-order valence-corrected chi connectivity index (χ4v) is 4.55. The van der Waals surface area contributed by atoms with Gasteiger partial charge < -0.3 is 10.2 Å². The van der Waals surface area contributed by atoms with Crippen LogP contribution in [0, 0.1) is 0 Å². The molecule has 1 atom stereocenters. The Labute approximate surface area is 152 Å². The lowest BCUT2D eigenvalue weighted by molar-refractivity contribution is 0.191. The van der Waals surface area contributed by atoms with Crippen LogP contribution in [0.2, 0.25) is 5.02 Å². The maximum atomic E-state index is 12.7. The standard InChI is InChI=1S/C19H23ClN2OS/c1-19(2,14-7-3-4-8-15(14)20)13-21-18(23)22-11-5-9-16(22)17-10-6-12-24-17/h3-4,6-8,10,12,16H,5,9,11,13H2,1-2H3,(H,21,23). The van der Waals surface area contributed by atoms with Crippen LogP contribution in [0.25, 0.3) is 0 Å². The number of benzene rings is 1. The zero-order chi connectivity index (χ0) is 17.2. The Balaban J connectivity index is 1.66. The first kappa shape index (κ1) is 17.3. The Morgan fingerprint density at radius 3 is 2.83 bits per heavy atom. The van der Waals surface area contributed by atoms with Crippen molar-refractivity contribution in [3.8, 4) is 0 Å². The summed E-state index contributed by atoms with van der Waals surface area (Å²) in [6.45, 7) is 5.59. The van der Waals surface area contributed by atoms with E-state index in [1.54, 1.807) is 11.3 Å². The lowest BCUT2D eigenvalue weighted by Gasteiger charge is -2.30. The fraction of sp³-hybridized carbons (Fsp3) is 0.421. The Morgan fingerprint density at radius 1 is 1.33 bits per heavy atom. The number of thiophene rings is 1.